The van der Waals surface area contributed by atoms with E-state index in [4.69, 9.17) is 16.0 Å². The summed E-state index contributed by atoms with van der Waals surface area (Å²) < 4.78 is 47.1. The van der Waals surface area contributed by atoms with Gasteiger partial charge in [0.1, 0.15) is 32.9 Å². The predicted molar refractivity (Wildman–Crippen MR) is 134 cm³/mol. The van der Waals surface area contributed by atoms with Crippen molar-refractivity contribution < 1.29 is 31.9 Å². The highest BCUT2D eigenvalue weighted by Crippen LogP contribution is 2.43. The van der Waals surface area contributed by atoms with Crippen molar-refractivity contribution in [3.63, 3.8) is 0 Å². The van der Waals surface area contributed by atoms with Gasteiger partial charge in [0.2, 0.25) is 5.69 Å². The lowest BCUT2D eigenvalue weighted by Gasteiger charge is -2.10. The van der Waals surface area contributed by atoms with E-state index in [2.05, 4.69) is 15.0 Å². The first-order valence-corrected chi connectivity index (χ1v) is 11.8. The van der Waals surface area contributed by atoms with Crippen LogP contribution in [0, 0.1) is 18.3 Å². The number of nitrogen functional groups attached to an aromatic ring is 2. The number of anilines is 2. The van der Waals surface area contributed by atoms with Crippen LogP contribution in [0.2, 0.25) is 0 Å². The molecule has 0 unspecified atom stereocenters. The molecule has 0 aliphatic heterocycles. The van der Waals surface area contributed by atoms with Gasteiger partial charge in [-0.3, -0.25) is 9.32 Å². The van der Waals surface area contributed by atoms with Gasteiger partial charge in [0, 0.05) is 23.1 Å². The molecular weight excluding hydrogens is 537 g/mol. The molecule has 0 aliphatic rings. The van der Waals surface area contributed by atoms with Gasteiger partial charge in [-0.25, -0.2) is 9.78 Å². The maximum Gasteiger partial charge on any atom is 0.573 e. The Morgan fingerprint density at radius 1 is 1.15 bits per heavy atom. The minimum atomic E-state index is -4.89. The zero-order chi connectivity index (χ0) is 28.1. The number of nitrogens with zero attached hydrogens (tertiary/aromatic N) is 3. The van der Waals surface area contributed by atoms with Crippen LogP contribution in [0.1, 0.15) is 26.5 Å². The highest BCUT2D eigenvalue weighted by Gasteiger charge is 2.36. The maximum absolute atomic E-state index is 13.6. The van der Waals surface area contributed by atoms with E-state index in [0.29, 0.717) is 16.5 Å². The van der Waals surface area contributed by atoms with Crippen molar-refractivity contribution in [3.05, 3.63) is 80.6 Å². The van der Waals surface area contributed by atoms with Gasteiger partial charge in [-0.2, -0.15) is 5.26 Å². The maximum atomic E-state index is 13.6. The number of benzene rings is 2. The molecule has 39 heavy (non-hydrogen) atoms. The Kier molecular flexibility index (Phi) is 6.08. The van der Waals surface area contributed by atoms with Gasteiger partial charge in [0.05, 0.1) is 5.69 Å². The van der Waals surface area contributed by atoms with Gasteiger partial charge in [0.15, 0.2) is 0 Å². The average molecular weight is 554 g/mol. The topological polar surface area (TPSA) is 165 Å². The van der Waals surface area contributed by atoms with Crippen LogP contribution >= 0.6 is 11.3 Å². The third-order valence-corrected chi connectivity index (χ3v) is 6.85. The zero-order valence-corrected chi connectivity index (χ0v) is 20.6. The number of aromatic nitrogens is 3. The van der Waals surface area contributed by atoms with Gasteiger partial charge in [-0.1, -0.05) is 29.8 Å². The number of ether oxygens (including phenoxy) is 1. The van der Waals surface area contributed by atoms with E-state index < -0.39 is 29.2 Å². The second-order valence-corrected chi connectivity index (χ2v) is 9.28. The summed E-state index contributed by atoms with van der Waals surface area (Å²) in [6.07, 6.45) is -4.89. The Morgan fingerprint density at radius 2 is 1.82 bits per heavy atom. The first-order valence-electron chi connectivity index (χ1n) is 11.0. The molecule has 3 heterocycles. The Hall–Kier alpha value is -5.16. The highest BCUT2D eigenvalue weighted by atomic mass is 32.1. The number of alkyl halides is 3. The average Bonchev–Trinajstić information content (AvgIpc) is 3.42. The van der Waals surface area contributed by atoms with E-state index in [1.807, 2.05) is 25.1 Å². The number of aromatic amines is 1. The Bertz CT molecular complexity index is 1850. The number of hydrogen-bond acceptors (Lipinski definition) is 9. The first-order chi connectivity index (χ1) is 18.5. The highest BCUT2D eigenvalue weighted by molar-refractivity contribution is 7.21. The number of thiophene rings is 1. The molecule has 196 valence electrons. The number of ketones is 1. The lowest BCUT2D eigenvalue weighted by molar-refractivity contribution is -0.672. The smallest absolute Gasteiger partial charge is 0.406 e. The Labute approximate surface area is 220 Å². The number of aryl methyl sites for hydroxylation is 1. The normalized spacial score (nSPS) is 11.5. The fraction of sp³-hybridized carbons (Fsp3) is 0.0800. The second-order valence-electron chi connectivity index (χ2n) is 8.29. The van der Waals surface area contributed by atoms with Crippen LogP contribution in [0.25, 0.3) is 27.0 Å². The van der Waals surface area contributed by atoms with Crippen LogP contribution in [-0.4, -0.2) is 22.4 Å². The van der Waals surface area contributed by atoms with Crippen molar-refractivity contribution in [1.29, 1.82) is 5.26 Å². The molecule has 2 aromatic carbocycles. The number of nitrogens with one attached hydrogen (secondary N) is 1. The molecule has 3 aromatic heterocycles. The molecule has 0 amide bonds. The van der Waals surface area contributed by atoms with E-state index in [-0.39, 0.29) is 32.5 Å². The number of carbonyl (C=O) groups is 1. The Balaban J connectivity index is 1.65. The summed E-state index contributed by atoms with van der Waals surface area (Å²) in [5.41, 5.74) is 13.1. The fourth-order valence-corrected chi connectivity index (χ4v) is 5.07. The van der Waals surface area contributed by atoms with E-state index in [1.165, 1.54) is 12.1 Å². The molecule has 0 bridgehead atoms. The van der Waals surface area contributed by atoms with Gasteiger partial charge >= 0.3 is 17.7 Å². The van der Waals surface area contributed by atoms with Crippen molar-refractivity contribution in [1.82, 2.24) is 10.3 Å². The van der Waals surface area contributed by atoms with Gasteiger partial charge in [-0.15, -0.1) is 24.5 Å². The van der Waals surface area contributed by atoms with Crippen LogP contribution in [0.15, 0.2) is 57.8 Å². The molecule has 10 nitrogen and oxygen atoms in total. The van der Waals surface area contributed by atoms with Crippen LogP contribution in [0.5, 0.6) is 5.75 Å². The van der Waals surface area contributed by atoms with Crippen molar-refractivity contribution in [2.24, 2.45) is 0 Å². The number of nitriles is 1. The molecule has 0 spiro atoms. The monoisotopic (exact) mass is 553 g/mol. The summed E-state index contributed by atoms with van der Waals surface area (Å²) in [4.78, 5) is 30.6. The summed E-state index contributed by atoms with van der Waals surface area (Å²) >= 11 is 0.869. The van der Waals surface area contributed by atoms with Crippen LogP contribution in [0.3, 0.4) is 0 Å². The summed E-state index contributed by atoms with van der Waals surface area (Å²) in [5, 5.41) is 12.4. The van der Waals surface area contributed by atoms with Crippen molar-refractivity contribution in [3.8, 4) is 28.6 Å². The number of hydrogen-bond donors (Lipinski definition) is 3. The molecule has 0 saturated carbocycles. The van der Waals surface area contributed by atoms with Crippen LogP contribution in [0.4, 0.5) is 24.7 Å². The standard InChI is InChI=1S/C25H15F3N6O4S/c1-11-2-4-12(5-3-11)16-15(10-29)22(31)32-23-17(16)18(30)21(39-23)20(35)19-24(36)38-33-34(19)13-6-8-14(9-7-13)37-25(26,27)28/h2-9H,1H3,(H4-,30,31,32,33,35,36)/p+1. The van der Waals surface area contributed by atoms with E-state index in [0.717, 1.165) is 33.7 Å². The molecule has 14 heteroatoms. The lowest BCUT2D eigenvalue weighted by atomic mass is 9.96. The number of fused-ring (bicyclic) bond motifs is 1. The third kappa shape index (κ3) is 4.55. The third-order valence-electron chi connectivity index (χ3n) is 5.75. The summed E-state index contributed by atoms with van der Waals surface area (Å²) in [7, 11) is 0. The molecule has 5 rings (SSSR count). The van der Waals surface area contributed by atoms with E-state index >= 15 is 0 Å². The number of halogens is 3. The molecule has 0 radical (unpaired) electrons. The largest absolute Gasteiger partial charge is 0.573 e. The number of carbonyl (C=O) groups excluding carboxylic acids is 1. The van der Waals surface area contributed by atoms with Crippen LogP contribution in [-0.2, 0) is 0 Å². The summed E-state index contributed by atoms with van der Waals surface area (Å²) in [5.74, 6) is -1.40. The second kappa shape index (κ2) is 9.30. The van der Waals surface area contributed by atoms with Crippen LogP contribution < -0.4 is 26.5 Å². The molecule has 5 aromatic rings. The molecular formula is C25H16F3N6O4S+. The SMILES string of the molecule is Cc1ccc(-c2c(C#N)c(N)nc3sc(C(=O)c4c(=O)o[nH][n+]4-c4ccc(OC(F)(F)F)cc4)c(N)c23)cc1. The lowest BCUT2D eigenvalue weighted by Crippen LogP contribution is -2.41. The first kappa shape index (κ1) is 25.5. The van der Waals surface area contributed by atoms with E-state index in [9.17, 15) is 28.0 Å². The van der Waals surface area contributed by atoms with E-state index in [1.54, 1.807) is 12.1 Å². The minimum Gasteiger partial charge on any atom is -0.406 e. The minimum absolute atomic E-state index is 0.0272. The number of H-pyrrole nitrogens is 1. The van der Waals surface area contributed by atoms with Gasteiger partial charge < -0.3 is 16.2 Å². The van der Waals surface area contributed by atoms with Crippen molar-refractivity contribution >= 4 is 38.8 Å². The fourth-order valence-electron chi connectivity index (χ4n) is 4.01. The number of pyridine rings is 1. The number of nitrogens with two attached hydrogens (primary N) is 2. The predicted octanol–water partition coefficient (Wildman–Crippen LogP) is 4.00. The number of rotatable bonds is 5. The zero-order valence-electron chi connectivity index (χ0n) is 19.8. The van der Waals surface area contributed by atoms with Gasteiger partial charge in [-0.05, 0) is 34.6 Å². The molecule has 0 aliphatic carbocycles. The summed E-state index contributed by atoms with van der Waals surface area (Å²) in [6, 6.07) is 13.7. The van der Waals surface area contributed by atoms with Crippen molar-refractivity contribution in [2.75, 3.05) is 11.5 Å². The Morgan fingerprint density at radius 3 is 2.44 bits per heavy atom. The molecule has 0 fully saturated rings. The summed E-state index contributed by atoms with van der Waals surface area (Å²) in [6.45, 7) is 1.90. The molecule has 0 saturated heterocycles. The van der Waals surface area contributed by atoms with Gasteiger partial charge in [0.25, 0.3) is 5.78 Å². The van der Waals surface area contributed by atoms with Crippen molar-refractivity contribution in [2.45, 2.75) is 13.3 Å². The molecule has 5 N–H and O–H groups in total. The quantitative estimate of drug-likeness (QED) is 0.217. The molecule has 0 atom stereocenters.